The Balaban J connectivity index is 1.59. The first-order chi connectivity index (χ1) is 16.3. The fourth-order valence-corrected chi connectivity index (χ4v) is 4.41. The Hall–Kier alpha value is -2.92. The molecule has 0 aromatic heterocycles. The van der Waals surface area contributed by atoms with Crippen LogP contribution in [0.15, 0.2) is 53.5 Å². The lowest BCUT2D eigenvalue weighted by Gasteiger charge is -2.44. The van der Waals surface area contributed by atoms with Gasteiger partial charge in [0.2, 0.25) is 0 Å². The van der Waals surface area contributed by atoms with Crippen LogP contribution < -0.4 is 10.6 Å². The van der Waals surface area contributed by atoms with Crippen molar-refractivity contribution in [1.82, 2.24) is 10.6 Å². The number of halogens is 6. The van der Waals surface area contributed by atoms with Crippen molar-refractivity contribution in [3.05, 3.63) is 70.8 Å². The van der Waals surface area contributed by atoms with Crippen LogP contribution in [-0.4, -0.2) is 30.9 Å². The molecule has 2 N–H and O–H groups in total. The smallest absolute Gasteiger partial charge is 0.372 e. The number of piperidine rings is 1. The van der Waals surface area contributed by atoms with Gasteiger partial charge in [-0.25, -0.2) is 0 Å². The van der Waals surface area contributed by atoms with Crippen LogP contribution in [0, 0.1) is 0 Å². The third kappa shape index (κ3) is 5.06. The standard InChI is InChI=1S/C24H23F6N3O2/c1-15(16-9-18(23(25,26)27)11-19(10-16)24(28,29)30)35-13-22(17-5-3-2-4-6-17)8-7-21(12-32-22)20(34)31-14-33-21/h2-6,9-11,14-15,32H,7-8,12-13H2,1H3,(H,31,33,34)/t15-,21+,22-/m1/s1. The summed E-state index contributed by atoms with van der Waals surface area (Å²) in [6, 6.07) is 10.6. The molecule has 4 rings (SSSR count). The van der Waals surface area contributed by atoms with Crippen molar-refractivity contribution in [2.45, 2.75) is 49.3 Å². The van der Waals surface area contributed by atoms with Gasteiger partial charge in [-0.05, 0) is 49.1 Å². The second-order valence-electron chi connectivity index (χ2n) is 8.86. The van der Waals surface area contributed by atoms with Crippen molar-refractivity contribution in [3.8, 4) is 0 Å². The normalized spacial score (nSPS) is 25.6. The predicted molar refractivity (Wildman–Crippen MR) is 116 cm³/mol. The average molecular weight is 499 g/mol. The number of alkyl halides is 6. The summed E-state index contributed by atoms with van der Waals surface area (Å²) in [6.07, 6.45) is -8.80. The van der Waals surface area contributed by atoms with Gasteiger partial charge in [0.05, 0.1) is 35.7 Å². The van der Waals surface area contributed by atoms with Gasteiger partial charge < -0.3 is 15.4 Å². The fraction of sp³-hybridized carbons (Fsp3) is 0.417. The van der Waals surface area contributed by atoms with Gasteiger partial charge in [-0.2, -0.15) is 26.3 Å². The van der Waals surface area contributed by atoms with Crippen molar-refractivity contribution in [3.63, 3.8) is 0 Å². The summed E-state index contributed by atoms with van der Waals surface area (Å²) in [5.41, 5.74) is -3.95. The van der Waals surface area contributed by atoms with Crippen LogP contribution in [0.2, 0.25) is 0 Å². The summed E-state index contributed by atoms with van der Waals surface area (Å²) in [4.78, 5) is 16.6. The number of hydrogen-bond acceptors (Lipinski definition) is 4. The molecule has 0 unspecified atom stereocenters. The highest BCUT2D eigenvalue weighted by atomic mass is 19.4. The Morgan fingerprint density at radius 2 is 1.63 bits per heavy atom. The van der Waals surface area contributed by atoms with Gasteiger partial charge in [-0.1, -0.05) is 30.3 Å². The van der Waals surface area contributed by atoms with E-state index < -0.39 is 40.7 Å². The van der Waals surface area contributed by atoms with E-state index in [-0.39, 0.29) is 30.7 Å². The lowest BCUT2D eigenvalue weighted by molar-refractivity contribution is -0.143. The molecule has 2 aromatic carbocycles. The molecular weight excluding hydrogens is 476 g/mol. The third-order valence-electron chi connectivity index (χ3n) is 6.60. The van der Waals surface area contributed by atoms with Crippen LogP contribution in [0.1, 0.15) is 48.1 Å². The van der Waals surface area contributed by atoms with Crippen molar-refractivity contribution < 1.29 is 35.9 Å². The highest BCUT2D eigenvalue weighted by Gasteiger charge is 2.49. The second-order valence-corrected chi connectivity index (χ2v) is 8.86. The molecule has 11 heteroatoms. The number of ether oxygens (including phenoxy) is 1. The van der Waals surface area contributed by atoms with Gasteiger partial charge in [0.1, 0.15) is 0 Å². The summed E-state index contributed by atoms with van der Waals surface area (Å²) in [5.74, 6) is -0.232. The number of nitrogens with one attached hydrogen (secondary N) is 2. The summed E-state index contributed by atoms with van der Waals surface area (Å²) < 4.78 is 85.5. The molecule has 188 valence electrons. The van der Waals surface area contributed by atoms with Crippen LogP contribution in [0.25, 0.3) is 0 Å². The molecule has 35 heavy (non-hydrogen) atoms. The molecule has 1 amide bonds. The van der Waals surface area contributed by atoms with Gasteiger partial charge in [0, 0.05) is 6.54 Å². The molecule has 2 aromatic rings. The average Bonchev–Trinajstić information content (AvgIpc) is 3.17. The highest BCUT2D eigenvalue weighted by molar-refractivity contribution is 6.00. The van der Waals surface area contributed by atoms with E-state index in [1.165, 1.54) is 13.3 Å². The van der Waals surface area contributed by atoms with Gasteiger partial charge in [0.25, 0.3) is 5.91 Å². The van der Waals surface area contributed by atoms with Gasteiger partial charge in [0.15, 0.2) is 5.54 Å². The number of carbonyl (C=O) groups excluding carboxylic acids is 1. The van der Waals surface area contributed by atoms with Crippen LogP contribution >= 0.6 is 0 Å². The number of benzene rings is 2. The molecule has 1 spiro atoms. The topological polar surface area (TPSA) is 62.7 Å². The zero-order valence-electron chi connectivity index (χ0n) is 18.6. The van der Waals surface area contributed by atoms with E-state index in [1.807, 2.05) is 30.3 Å². The number of nitrogens with zero attached hydrogens (tertiary/aromatic N) is 1. The Morgan fingerprint density at radius 3 is 2.11 bits per heavy atom. The molecule has 0 radical (unpaired) electrons. The first kappa shape index (κ1) is 25.2. The molecule has 5 nitrogen and oxygen atoms in total. The number of carbonyl (C=O) groups is 1. The zero-order chi connectivity index (χ0) is 25.5. The van der Waals surface area contributed by atoms with Crippen LogP contribution in [0.5, 0.6) is 0 Å². The quantitative estimate of drug-likeness (QED) is 0.571. The first-order valence-corrected chi connectivity index (χ1v) is 10.9. The van der Waals surface area contributed by atoms with Crippen molar-refractivity contribution in [2.75, 3.05) is 13.2 Å². The Labute approximate surface area is 197 Å². The molecule has 0 saturated carbocycles. The van der Waals surface area contributed by atoms with E-state index in [0.717, 1.165) is 5.56 Å². The van der Waals surface area contributed by atoms with Gasteiger partial charge in [-0.3, -0.25) is 9.79 Å². The third-order valence-corrected chi connectivity index (χ3v) is 6.60. The number of amides is 1. The van der Waals surface area contributed by atoms with Gasteiger partial charge >= 0.3 is 12.4 Å². The van der Waals surface area contributed by atoms with Crippen molar-refractivity contribution in [1.29, 1.82) is 0 Å². The minimum absolute atomic E-state index is 0.0445. The molecule has 2 heterocycles. The zero-order valence-corrected chi connectivity index (χ0v) is 18.6. The van der Waals surface area contributed by atoms with Crippen molar-refractivity contribution in [2.24, 2.45) is 4.99 Å². The van der Waals surface area contributed by atoms with E-state index in [1.54, 1.807) is 0 Å². The Bertz CT molecular complexity index is 1070. The molecule has 0 aliphatic carbocycles. The summed E-state index contributed by atoms with van der Waals surface area (Å²) in [5, 5.41) is 5.90. The largest absolute Gasteiger partial charge is 0.416 e. The maximum absolute atomic E-state index is 13.3. The van der Waals surface area contributed by atoms with E-state index in [0.29, 0.717) is 25.0 Å². The molecule has 3 atom stereocenters. The SMILES string of the molecule is C[C@@H](OC[C@@]1(c2ccccc2)CC[C@@]2(CN1)N=CNC2=O)c1cc(C(F)(F)F)cc(C(F)(F)F)c1. The maximum Gasteiger partial charge on any atom is 0.416 e. The van der Waals surface area contributed by atoms with E-state index >= 15 is 0 Å². The Morgan fingerprint density at radius 1 is 1.00 bits per heavy atom. The van der Waals surface area contributed by atoms with E-state index in [4.69, 9.17) is 4.74 Å². The van der Waals surface area contributed by atoms with E-state index in [9.17, 15) is 31.1 Å². The van der Waals surface area contributed by atoms with Crippen LogP contribution in [0.4, 0.5) is 26.3 Å². The number of rotatable bonds is 5. The van der Waals surface area contributed by atoms with Crippen LogP contribution in [0.3, 0.4) is 0 Å². The minimum atomic E-state index is -4.94. The minimum Gasteiger partial charge on any atom is -0.372 e. The molecule has 2 aliphatic rings. The molecular formula is C24H23F6N3O2. The monoisotopic (exact) mass is 499 g/mol. The number of aliphatic imine (C=N–C) groups is 1. The second kappa shape index (κ2) is 8.94. The molecule has 2 aliphatic heterocycles. The maximum atomic E-state index is 13.3. The molecule has 0 bridgehead atoms. The summed E-state index contributed by atoms with van der Waals surface area (Å²) in [7, 11) is 0. The molecule has 1 saturated heterocycles. The predicted octanol–water partition coefficient (Wildman–Crippen LogP) is 4.98. The first-order valence-electron chi connectivity index (χ1n) is 10.9. The highest BCUT2D eigenvalue weighted by Crippen LogP contribution is 2.40. The van der Waals surface area contributed by atoms with E-state index in [2.05, 4.69) is 15.6 Å². The van der Waals surface area contributed by atoms with Crippen LogP contribution in [-0.2, 0) is 27.4 Å². The molecule has 1 fully saturated rings. The number of hydrogen-bond donors (Lipinski definition) is 2. The fourth-order valence-electron chi connectivity index (χ4n) is 4.41. The van der Waals surface area contributed by atoms with Crippen molar-refractivity contribution >= 4 is 12.2 Å². The summed E-state index contributed by atoms with van der Waals surface area (Å²) in [6.45, 7) is 1.56. The van der Waals surface area contributed by atoms with Gasteiger partial charge in [-0.15, -0.1) is 0 Å². The lowest BCUT2D eigenvalue weighted by atomic mass is 9.76. The summed E-state index contributed by atoms with van der Waals surface area (Å²) >= 11 is 0. The Kier molecular flexibility index (Phi) is 6.43. The lowest BCUT2D eigenvalue weighted by Crippen LogP contribution is -2.60.